The van der Waals surface area contributed by atoms with Crippen molar-refractivity contribution >= 4 is 11.7 Å². The summed E-state index contributed by atoms with van der Waals surface area (Å²) in [4.78, 5) is 15.1. The highest BCUT2D eigenvalue weighted by Crippen LogP contribution is 2.17. The second kappa shape index (κ2) is 6.04. The van der Waals surface area contributed by atoms with Crippen LogP contribution in [0.1, 0.15) is 22.3 Å². The largest absolute Gasteiger partial charge is 0.478 e. The van der Waals surface area contributed by atoms with Crippen LogP contribution >= 0.6 is 0 Å². The number of hydrogen-bond donors (Lipinski definition) is 2. The number of nitrogens with one attached hydrogen (secondary N) is 1. The van der Waals surface area contributed by atoms with E-state index < -0.39 is 5.97 Å². The van der Waals surface area contributed by atoms with Crippen LogP contribution in [0, 0.1) is 6.92 Å². The molecule has 0 saturated carbocycles. The van der Waals surface area contributed by atoms with Gasteiger partial charge >= 0.3 is 5.97 Å². The number of imidazole rings is 1. The average molecular weight is 259 g/mol. The second-order valence-corrected chi connectivity index (χ2v) is 4.44. The molecule has 5 heteroatoms. The van der Waals surface area contributed by atoms with E-state index in [9.17, 15) is 4.79 Å². The lowest BCUT2D eigenvalue weighted by Gasteiger charge is -2.10. The lowest BCUT2D eigenvalue weighted by molar-refractivity contribution is 0.0698. The van der Waals surface area contributed by atoms with Gasteiger partial charge in [0.15, 0.2) is 0 Å². The number of carboxylic acid groups (broad SMARTS) is 1. The minimum Gasteiger partial charge on any atom is -0.478 e. The molecule has 0 saturated heterocycles. The number of hydrogen-bond acceptors (Lipinski definition) is 3. The molecule has 1 aromatic carbocycles. The quantitative estimate of drug-likeness (QED) is 0.782. The van der Waals surface area contributed by atoms with Gasteiger partial charge in [-0.3, -0.25) is 0 Å². The van der Waals surface area contributed by atoms with Crippen LogP contribution in [0.25, 0.3) is 0 Å². The van der Waals surface area contributed by atoms with Gasteiger partial charge in [0.25, 0.3) is 0 Å². The average Bonchev–Trinajstić information content (AvgIpc) is 2.89. The van der Waals surface area contributed by atoms with Gasteiger partial charge in [-0.15, -0.1) is 0 Å². The molecule has 5 nitrogen and oxygen atoms in total. The number of aromatic nitrogens is 2. The number of rotatable bonds is 6. The van der Waals surface area contributed by atoms with E-state index in [4.69, 9.17) is 5.11 Å². The van der Waals surface area contributed by atoms with Gasteiger partial charge in [-0.1, -0.05) is 11.6 Å². The lowest BCUT2D eigenvalue weighted by Crippen LogP contribution is -2.09. The standard InChI is InChI=1S/C14H17N3O2/c1-11-3-4-13(12(9-11)14(18)19)16-5-2-7-17-8-6-15-10-17/h3-4,6,8-10,16H,2,5,7H2,1H3,(H,18,19). The number of carbonyl (C=O) groups is 1. The summed E-state index contributed by atoms with van der Waals surface area (Å²) >= 11 is 0. The number of nitrogens with zero attached hydrogens (tertiary/aromatic N) is 2. The summed E-state index contributed by atoms with van der Waals surface area (Å²) in [6.07, 6.45) is 6.34. The van der Waals surface area contributed by atoms with E-state index in [1.165, 1.54) is 0 Å². The highest BCUT2D eigenvalue weighted by molar-refractivity contribution is 5.94. The Balaban J connectivity index is 1.90. The molecule has 0 fully saturated rings. The third-order valence-corrected chi connectivity index (χ3v) is 2.87. The third kappa shape index (κ3) is 3.58. The maximum atomic E-state index is 11.1. The van der Waals surface area contributed by atoms with Gasteiger partial charge in [-0.25, -0.2) is 9.78 Å². The summed E-state index contributed by atoms with van der Waals surface area (Å²) in [7, 11) is 0. The molecule has 0 amide bonds. The van der Waals surface area contributed by atoms with Gasteiger partial charge in [0, 0.05) is 31.2 Å². The van der Waals surface area contributed by atoms with E-state index in [1.54, 1.807) is 18.6 Å². The van der Waals surface area contributed by atoms with Gasteiger partial charge in [0.2, 0.25) is 0 Å². The molecule has 0 radical (unpaired) electrons. The van der Waals surface area contributed by atoms with Crippen LogP contribution in [0.4, 0.5) is 5.69 Å². The van der Waals surface area contributed by atoms with Crippen molar-refractivity contribution in [3.8, 4) is 0 Å². The molecule has 0 aliphatic heterocycles. The van der Waals surface area contributed by atoms with Crippen LogP contribution in [0.3, 0.4) is 0 Å². The molecule has 2 rings (SSSR count). The maximum Gasteiger partial charge on any atom is 0.337 e. The zero-order valence-electron chi connectivity index (χ0n) is 10.8. The Morgan fingerprint density at radius 3 is 3.00 bits per heavy atom. The Kier molecular flexibility index (Phi) is 4.18. The fourth-order valence-corrected chi connectivity index (χ4v) is 1.89. The molecule has 1 heterocycles. The first-order chi connectivity index (χ1) is 9.16. The van der Waals surface area contributed by atoms with Crippen molar-refractivity contribution in [3.05, 3.63) is 48.0 Å². The lowest BCUT2D eigenvalue weighted by atomic mass is 10.1. The first-order valence-corrected chi connectivity index (χ1v) is 6.20. The molecular weight excluding hydrogens is 242 g/mol. The Labute approximate surface area is 111 Å². The van der Waals surface area contributed by atoms with Gasteiger partial charge in [0.05, 0.1) is 11.9 Å². The summed E-state index contributed by atoms with van der Waals surface area (Å²) in [6.45, 7) is 3.47. The maximum absolute atomic E-state index is 11.1. The Hall–Kier alpha value is -2.30. The summed E-state index contributed by atoms with van der Waals surface area (Å²) < 4.78 is 1.99. The summed E-state index contributed by atoms with van der Waals surface area (Å²) in [5.74, 6) is -0.902. The van der Waals surface area contributed by atoms with E-state index in [-0.39, 0.29) is 0 Å². The van der Waals surface area contributed by atoms with Crippen molar-refractivity contribution in [2.24, 2.45) is 0 Å². The van der Waals surface area contributed by atoms with E-state index >= 15 is 0 Å². The molecule has 0 bridgehead atoms. The van der Waals surface area contributed by atoms with Gasteiger partial charge in [-0.05, 0) is 25.5 Å². The smallest absolute Gasteiger partial charge is 0.337 e. The Morgan fingerprint density at radius 2 is 2.32 bits per heavy atom. The molecule has 19 heavy (non-hydrogen) atoms. The van der Waals surface area contributed by atoms with Crippen LogP contribution in [0.2, 0.25) is 0 Å². The molecule has 0 unspecified atom stereocenters. The van der Waals surface area contributed by atoms with Crippen LogP contribution in [-0.4, -0.2) is 27.2 Å². The van der Waals surface area contributed by atoms with Gasteiger partial charge < -0.3 is 15.0 Å². The van der Waals surface area contributed by atoms with Crippen molar-refractivity contribution in [2.75, 3.05) is 11.9 Å². The zero-order valence-corrected chi connectivity index (χ0v) is 10.8. The minimum absolute atomic E-state index is 0.322. The van der Waals surface area contributed by atoms with Crippen molar-refractivity contribution in [1.82, 2.24) is 9.55 Å². The molecule has 1 aromatic heterocycles. The van der Waals surface area contributed by atoms with Gasteiger partial charge in [0.1, 0.15) is 0 Å². The zero-order chi connectivity index (χ0) is 13.7. The predicted molar refractivity (Wildman–Crippen MR) is 73.5 cm³/mol. The molecule has 0 atom stereocenters. The fraction of sp³-hybridized carbons (Fsp3) is 0.286. The first-order valence-electron chi connectivity index (χ1n) is 6.20. The molecule has 0 aliphatic rings. The molecular formula is C14H17N3O2. The van der Waals surface area contributed by atoms with E-state index in [0.717, 1.165) is 25.1 Å². The second-order valence-electron chi connectivity index (χ2n) is 4.44. The molecule has 2 aromatic rings. The summed E-state index contributed by atoms with van der Waals surface area (Å²) in [5.41, 5.74) is 1.94. The van der Waals surface area contributed by atoms with Crippen LogP contribution in [0.5, 0.6) is 0 Å². The SMILES string of the molecule is Cc1ccc(NCCCn2ccnc2)c(C(=O)O)c1. The highest BCUT2D eigenvalue weighted by atomic mass is 16.4. The highest BCUT2D eigenvalue weighted by Gasteiger charge is 2.09. The number of aryl methyl sites for hydroxylation is 2. The van der Waals surface area contributed by atoms with E-state index in [1.807, 2.05) is 29.8 Å². The van der Waals surface area contributed by atoms with Crippen molar-refractivity contribution in [2.45, 2.75) is 19.9 Å². The van der Waals surface area contributed by atoms with Crippen LogP contribution in [-0.2, 0) is 6.54 Å². The third-order valence-electron chi connectivity index (χ3n) is 2.87. The van der Waals surface area contributed by atoms with Crippen molar-refractivity contribution < 1.29 is 9.90 Å². The van der Waals surface area contributed by atoms with E-state index in [0.29, 0.717) is 11.3 Å². The summed E-state index contributed by atoms with van der Waals surface area (Å²) in [5, 5.41) is 12.3. The summed E-state index contributed by atoms with van der Waals surface area (Å²) in [6, 6.07) is 5.40. The van der Waals surface area contributed by atoms with Crippen LogP contribution in [0.15, 0.2) is 36.9 Å². The van der Waals surface area contributed by atoms with Crippen molar-refractivity contribution in [3.63, 3.8) is 0 Å². The number of anilines is 1. The minimum atomic E-state index is -0.902. The normalized spacial score (nSPS) is 10.4. The number of aromatic carboxylic acids is 1. The fourth-order valence-electron chi connectivity index (χ4n) is 1.89. The number of benzene rings is 1. The molecule has 100 valence electrons. The van der Waals surface area contributed by atoms with Crippen LogP contribution < -0.4 is 5.32 Å². The molecule has 0 spiro atoms. The van der Waals surface area contributed by atoms with Gasteiger partial charge in [-0.2, -0.15) is 0 Å². The van der Waals surface area contributed by atoms with Crippen molar-refractivity contribution in [1.29, 1.82) is 0 Å². The topological polar surface area (TPSA) is 67.2 Å². The van der Waals surface area contributed by atoms with E-state index in [2.05, 4.69) is 10.3 Å². The number of carboxylic acids is 1. The Bertz CT molecular complexity index is 550. The first kappa shape index (κ1) is 13.1. The predicted octanol–water partition coefficient (Wildman–Crippen LogP) is 2.39. The monoisotopic (exact) mass is 259 g/mol. The Morgan fingerprint density at radius 1 is 1.47 bits per heavy atom. The molecule has 0 aliphatic carbocycles. The molecule has 2 N–H and O–H groups in total.